The minimum Gasteiger partial charge on any atom is -0.441 e. The van der Waals surface area contributed by atoms with Crippen molar-refractivity contribution in [2.45, 2.75) is 12.8 Å². The van der Waals surface area contributed by atoms with E-state index in [0.717, 1.165) is 57.3 Å². The Morgan fingerprint density at radius 2 is 1.69 bits per heavy atom. The van der Waals surface area contributed by atoms with Crippen LogP contribution in [0.2, 0.25) is 0 Å². The van der Waals surface area contributed by atoms with Gasteiger partial charge in [0.05, 0.1) is 18.7 Å². The Kier molecular flexibility index (Phi) is 5.23. The quantitative estimate of drug-likeness (QED) is 0.665. The number of ether oxygens (including phenoxy) is 2. The first-order valence-corrected chi connectivity index (χ1v) is 9.42. The van der Waals surface area contributed by atoms with Crippen LogP contribution in [0.3, 0.4) is 0 Å². The molecule has 0 amide bonds. The summed E-state index contributed by atoms with van der Waals surface area (Å²) in [4.78, 5) is 2.49. The van der Waals surface area contributed by atoms with Crippen molar-refractivity contribution in [3.8, 4) is 11.6 Å². The van der Waals surface area contributed by atoms with Crippen molar-refractivity contribution in [3.63, 3.8) is 0 Å². The summed E-state index contributed by atoms with van der Waals surface area (Å²) >= 11 is 0. The van der Waals surface area contributed by atoms with Gasteiger partial charge in [0, 0.05) is 31.1 Å². The topological polar surface area (TPSA) is 26.6 Å². The SMILES string of the molecule is Cn1c(Oc2ccccc2)c(CCCN2CCOCC2)c2ccccc21. The van der Waals surface area contributed by atoms with Gasteiger partial charge in [-0.15, -0.1) is 0 Å². The number of rotatable bonds is 6. The van der Waals surface area contributed by atoms with Gasteiger partial charge in [0.1, 0.15) is 5.75 Å². The zero-order valence-electron chi connectivity index (χ0n) is 15.4. The first-order valence-electron chi connectivity index (χ1n) is 9.42. The van der Waals surface area contributed by atoms with E-state index in [1.807, 2.05) is 30.3 Å². The maximum absolute atomic E-state index is 6.30. The molecule has 26 heavy (non-hydrogen) atoms. The molecule has 0 spiro atoms. The van der Waals surface area contributed by atoms with E-state index in [9.17, 15) is 0 Å². The number of morpholine rings is 1. The molecule has 0 unspecified atom stereocenters. The third kappa shape index (κ3) is 3.62. The second-order valence-electron chi connectivity index (χ2n) is 6.83. The number of para-hydroxylation sites is 2. The van der Waals surface area contributed by atoms with Gasteiger partial charge in [0.15, 0.2) is 0 Å². The molecule has 0 saturated carbocycles. The summed E-state index contributed by atoms with van der Waals surface area (Å²) in [6, 6.07) is 18.6. The van der Waals surface area contributed by atoms with Gasteiger partial charge in [-0.1, -0.05) is 36.4 Å². The Hall–Kier alpha value is -2.30. The van der Waals surface area contributed by atoms with Crippen LogP contribution in [0, 0.1) is 0 Å². The summed E-state index contributed by atoms with van der Waals surface area (Å²) in [6.07, 6.45) is 2.14. The van der Waals surface area contributed by atoms with Crippen molar-refractivity contribution in [1.82, 2.24) is 9.47 Å². The maximum Gasteiger partial charge on any atom is 0.204 e. The van der Waals surface area contributed by atoms with Crippen LogP contribution in [-0.2, 0) is 18.2 Å². The zero-order valence-corrected chi connectivity index (χ0v) is 15.4. The highest BCUT2D eigenvalue weighted by molar-refractivity contribution is 5.87. The van der Waals surface area contributed by atoms with Gasteiger partial charge in [0.2, 0.25) is 5.88 Å². The fourth-order valence-corrected chi connectivity index (χ4v) is 3.72. The minimum atomic E-state index is 0.858. The molecule has 2 aromatic carbocycles. The predicted octanol–water partition coefficient (Wildman–Crippen LogP) is 4.24. The molecule has 136 valence electrons. The molecular formula is C22H26N2O2. The highest BCUT2D eigenvalue weighted by Crippen LogP contribution is 2.35. The molecule has 0 bridgehead atoms. The third-order valence-electron chi connectivity index (χ3n) is 5.12. The van der Waals surface area contributed by atoms with E-state index in [1.165, 1.54) is 16.5 Å². The average Bonchev–Trinajstić information content (AvgIpc) is 2.96. The number of aryl methyl sites for hydroxylation is 2. The second kappa shape index (κ2) is 7.94. The lowest BCUT2D eigenvalue weighted by Crippen LogP contribution is -2.36. The molecule has 1 aliphatic heterocycles. The summed E-state index contributed by atoms with van der Waals surface area (Å²) < 4.78 is 13.9. The molecule has 0 radical (unpaired) electrons. The molecule has 0 aliphatic carbocycles. The van der Waals surface area contributed by atoms with Crippen LogP contribution in [0.4, 0.5) is 0 Å². The molecule has 4 heteroatoms. The molecule has 4 nitrogen and oxygen atoms in total. The smallest absolute Gasteiger partial charge is 0.204 e. The van der Waals surface area contributed by atoms with Crippen molar-refractivity contribution in [1.29, 1.82) is 0 Å². The van der Waals surface area contributed by atoms with Gasteiger partial charge in [-0.25, -0.2) is 0 Å². The standard InChI is InChI=1S/C22H26N2O2/c1-23-21-12-6-5-10-19(21)20(11-7-13-24-14-16-25-17-15-24)22(23)26-18-8-3-2-4-9-18/h2-6,8-10,12H,7,11,13-17H2,1H3. The van der Waals surface area contributed by atoms with Gasteiger partial charge in [-0.2, -0.15) is 0 Å². The van der Waals surface area contributed by atoms with Gasteiger partial charge in [-0.3, -0.25) is 4.90 Å². The van der Waals surface area contributed by atoms with E-state index in [4.69, 9.17) is 9.47 Å². The third-order valence-corrected chi connectivity index (χ3v) is 5.12. The van der Waals surface area contributed by atoms with Crippen LogP contribution in [0.1, 0.15) is 12.0 Å². The van der Waals surface area contributed by atoms with Crippen molar-refractivity contribution in [3.05, 3.63) is 60.2 Å². The molecule has 1 saturated heterocycles. The first kappa shape index (κ1) is 17.1. The van der Waals surface area contributed by atoms with Crippen LogP contribution in [0.15, 0.2) is 54.6 Å². The molecule has 1 aromatic heterocycles. The van der Waals surface area contributed by atoms with Crippen LogP contribution in [0.25, 0.3) is 10.9 Å². The van der Waals surface area contributed by atoms with Crippen molar-refractivity contribution in [2.75, 3.05) is 32.8 Å². The number of fused-ring (bicyclic) bond motifs is 1. The van der Waals surface area contributed by atoms with Crippen molar-refractivity contribution in [2.24, 2.45) is 7.05 Å². The Bertz CT molecular complexity index is 851. The molecule has 1 fully saturated rings. The van der Waals surface area contributed by atoms with Crippen LogP contribution in [0.5, 0.6) is 11.6 Å². The Morgan fingerprint density at radius 1 is 0.962 bits per heavy atom. The molecule has 4 rings (SSSR count). The monoisotopic (exact) mass is 350 g/mol. The summed E-state index contributed by atoms with van der Waals surface area (Å²) in [5.74, 6) is 1.84. The Balaban J connectivity index is 1.58. The number of nitrogens with zero attached hydrogens (tertiary/aromatic N) is 2. The Labute approximate surface area is 154 Å². The number of hydrogen-bond donors (Lipinski definition) is 0. The molecule has 3 aromatic rings. The average molecular weight is 350 g/mol. The van der Waals surface area contributed by atoms with Gasteiger partial charge < -0.3 is 14.0 Å². The van der Waals surface area contributed by atoms with Crippen molar-refractivity contribution < 1.29 is 9.47 Å². The van der Waals surface area contributed by atoms with E-state index in [-0.39, 0.29) is 0 Å². The fourth-order valence-electron chi connectivity index (χ4n) is 3.72. The molecule has 0 atom stereocenters. The normalized spacial score (nSPS) is 15.4. The number of aromatic nitrogens is 1. The summed E-state index contributed by atoms with van der Waals surface area (Å²) in [6.45, 7) is 4.91. The van der Waals surface area contributed by atoms with E-state index in [0.29, 0.717) is 0 Å². The van der Waals surface area contributed by atoms with Gasteiger partial charge >= 0.3 is 0 Å². The van der Waals surface area contributed by atoms with Crippen LogP contribution in [-0.4, -0.2) is 42.3 Å². The zero-order chi connectivity index (χ0) is 17.8. The Morgan fingerprint density at radius 3 is 2.50 bits per heavy atom. The molecule has 2 heterocycles. The lowest BCUT2D eigenvalue weighted by molar-refractivity contribution is 0.0374. The number of benzene rings is 2. The first-order chi connectivity index (χ1) is 12.8. The van der Waals surface area contributed by atoms with E-state index in [1.54, 1.807) is 0 Å². The summed E-state index contributed by atoms with van der Waals surface area (Å²) in [7, 11) is 2.09. The van der Waals surface area contributed by atoms with Gasteiger partial charge in [0.25, 0.3) is 0 Å². The lowest BCUT2D eigenvalue weighted by Gasteiger charge is -2.26. The molecular weight excluding hydrogens is 324 g/mol. The van der Waals surface area contributed by atoms with E-state index >= 15 is 0 Å². The fraction of sp³-hybridized carbons (Fsp3) is 0.364. The summed E-state index contributed by atoms with van der Waals surface area (Å²) in [5.41, 5.74) is 2.53. The highest BCUT2D eigenvalue weighted by Gasteiger charge is 2.17. The van der Waals surface area contributed by atoms with Crippen molar-refractivity contribution >= 4 is 10.9 Å². The van der Waals surface area contributed by atoms with E-state index in [2.05, 4.69) is 40.8 Å². The van der Waals surface area contributed by atoms with E-state index < -0.39 is 0 Å². The second-order valence-corrected chi connectivity index (χ2v) is 6.83. The molecule has 0 N–H and O–H groups in total. The highest BCUT2D eigenvalue weighted by atomic mass is 16.5. The summed E-state index contributed by atoms with van der Waals surface area (Å²) in [5, 5.41) is 1.29. The minimum absolute atomic E-state index is 0.858. The number of hydrogen-bond acceptors (Lipinski definition) is 3. The lowest BCUT2D eigenvalue weighted by atomic mass is 10.1. The largest absolute Gasteiger partial charge is 0.441 e. The predicted molar refractivity (Wildman–Crippen MR) is 105 cm³/mol. The van der Waals surface area contributed by atoms with Crippen LogP contribution >= 0.6 is 0 Å². The van der Waals surface area contributed by atoms with Gasteiger partial charge in [-0.05, 0) is 37.6 Å². The molecule has 1 aliphatic rings. The van der Waals surface area contributed by atoms with Crippen LogP contribution < -0.4 is 4.74 Å². The maximum atomic E-state index is 6.30.